The Morgan fingerprint density at radius 1 is 0.500 bits per heavy atom. The molecular weight excluding hydrogens is 798 g/mol. The average Bonchev–Trinajstić information content (AvgIpc) is 4.12. The molecule has 7 heterocycles. The van der Waals surface area contributed by atoms with Crippen LogP contribution in [0.2, 0.25) is 0 Å². The molecule has 4 aliphatic rings. The first-order chi connectivity index (χ1) is 30.5. The number of H-pyrrole nitrogens is 2. The minimum atomic E-state index is -0.472. The molecule has 8 bridgehead atoms. The predicted molar refractivity (Wildman–Crippen MR) is 261 cm³/mol. The Morgan fingerprint density at radius 2 is 0.859 bits per heavy atom. The van der Waals surface area contributed by atoms with Crippen LogP contribution in [0.5, 0.6) is 11.5 Å². The fraction of sp³-hybridized carbons (Fsp3) is 0.308. The van der Waals surface area contributed by atoms with E-state index in [4.69, 9.17) is 38.1 Å². The van der Waals surface area contributed by atoms with Gasteiger partial charge in [-0.25, -0.2) is 9.97 Å². The van der Waals surface area contributed by atoms with Crippen LogP contribution in [0.15, 0.2) is 96.9 Å². The smallest absolute Gasteiger partial charge is 0.486 e. The van der Waals surface area contributed by atoms with Gasteiger partial charge in [-0.15, -0.1) is 0 Å². The topological polar surface area (TPSA) is 113 Å². The Labute approximate surface area is 376 Å². The minimum Gasteiger partial charge on any atom is -0.497 e. The normalized spacial score (nSPS) is 18.2. The van der Waals surface area contributed by atoms with Crippen LogP contribution >= 0.6 is 0 Å². The molecule has 9 rings (SSSR count). The number of allylic oxidation sites excluding steroid dienone is 2. The number of hydrogen-bond donors (Lipinski definition) is 2. The summed E-state index contributed by atoms with van der Waals surface area (Å²) in [5, 5.41) is 0. The van der Waals surface area contributed by atoms with E-state index in [1.54, 1.807) is 14.2 Å². The summed E-state index contributed by atoms with van der Waals surface area (Å²) in [6.45, 7) is 16.5. The summed E-state index contributed by atoms with van der Waals surface area (Å²) < 4.78 is 36.8. The van der Waals surface area contributed by atoms with Gasteiger partial charge in [0.1, 0.15) is 11.5 Å². The molecule has 326 valence electrons. The van der Waals surface area contributed by atoms with Crippen molar-refractivity contribution in [2.45, 2.75) is 90.6 Å². The summed E-state index contributed by atoms with van der Waals surface area (Å²) >= 11 is 0. The van der Waals surface area contributed by atoms with Crippen molar-refractivity contribution in [3.63, 3.8) is 0 Å². The lowest BCUT2D eigenvalue weighted by Gasteiger charge is -2.32. The number of aromatic amines is 2. The maximum Gasteiger partial charge on any atom is 0.486 e. The molecule has 2 N–H and O–H groups in total. The lowest BCUT2D eigenvalue weighted by Crippen LogP contribution is -2.41. The largest absolute Gasteiger partial charge is 0.497 e. The molecule has 2 saturated heterocycles. The van der Waals surface area contributed by atoms with Crippen molar-refractivity contribution >= 4 is 60.6 Å². The van der Waals surface area contributed by atoms with Crippen molar-refractivity contribution in [1.82, 2.24) is 19.9 Å². The minimum absolute atomic E-state index is 0.442. The van der Waals surface area contributed by atoms with Crippen LogP contribution in [0, 0.1) is 0 Å². The zero-order valence-electron chi connectivity index (χ0n) is 38.5. The van der Waals surface area contributed by atoms with Crippen molar-refractivity contribution < 1.29 is 28.1 Å². The van der Waals surface area contributed by atoms with Crippen LogP contribution < -0.4 is 9.47 Å². The van der Waals surface area contributed by atoms with Gasteiger partial charge in [0.2, 0.25) is 0 Å². The van der Waals surface area contributed by atoms with Crippen LogP contribution in [-0.4, -0.2) is 70.8 Å². The summed E-state index contributed by atoms with van der Waals surface area (Å²) in [5.41, 5.74) is 11.1. The van der Waals surface area contributed by atoms with Gasteiger partial charge in [-0.2, -0.15) is 0 Å². The molecule has 64 heavy (non-hydrogen) atoms. The highest BCUT2D eigenvalue weighted by atomic mass is 16.7. The molecule has 0 unspecified atom stereocenters. The number of benzene rings is 2. The van der Waals surface area contributed by atoms with Crippen LogP contribution in [0.3, 0.4) is 0 Å². The lowest BCUT2D eigenvalue weighted by atomic mass is 9.89. The fourth-order valence-corrected chi connectivity index (χ4v) is 8.45. The van der Waals surface area contributed by atoms with Crippen molar-refractivity contribution in [2.75, 3.05) is 14.2 Å². The number of nitrogens with zero attached hydrogens (tertiary/aromatic N) is 2. The molecule has 2 fully saturated rings. The molecule has 0 radical (unpaired) electrons. The van der Waals surface area contributed by atoms with Gasteiger partial charge in [0.25, 0.3) is 0 Å². The summed E-state index contributed by atoms with van der Waals surface area (Å²) in [6.07, 6.45) is 13.8. The molecule has 0 aliphatic carbocycles. The van der Waals surface area contributed by atoms with Crippen molar-refractivity contribution in [1.29, 1.82) is 0 Å². The third kappa shape index (κ3) is 8.20. The fourth-order valence-electron chi connectivity index (χ4n) is 8.45. The van der Waals surface area contributed by atoms with Gasteiger partial charge in [0.15, 0.2) is 0 Å². The van der Waals surface area contributed by atoms with E-state index in [1.807, 2.05) is 36.2 Å². The summed E-state index contributed by atoms with van der Waals surface area (Å²) in [4.78, 5) is 18.5. The summed E-state index contributed by atoms with van der Waals surface area (Å²) in [6, 6.07) is 24.7. The van der Waals surface area contributed by atoms with Crippen molar-refractivity contribution in [2.24, 2.45) is 0 Å². The standard InChI is InChI=1S/C52H56B2N4O6/c1-49(2)50(3,4)62-53(61-49)29-13-19-37-39-21-25-43(55-39)47(33-15-11-17-35(31-33)59-9)45-27-23-41(57-45)38(20-14-30-54-63-51(5,6)52(7,8)64-54)42-24-28-46(58-42)48(44-26-22-40(37)56-44)34-16-12-18-36(32-34)60-10/h11-18,21-32,55,58H,19-20H2,1-10H3/b29-13+,30-14+,39-37?,40-37?,41-38?,42-38?,47-43?,47-45?,48-44?,48-46?. The number of methoxy groups -OCH3 is 2. The maximum absolute atomic E-state index is 6.33. The Hall–Kier alpha value is -5.91. The molecule has 10 nitrogen and oxygen atoms in total. The van der Waals surface area contributed by atoms with Crippen LogP contribution in [-0.2, 0) is 31.5 Å². The van der Waals surface area contributed by atoms with E-state index < -0.39 is 36.6 Å². The average molecular weight is 855 g/mol. The van der Waals surface area contributed by atoms with E-state index in [-0.39, 0.29) is 0 Å². The number of rotatable bonds is 10. The highest BCUT2D eigenvalue weighted by Crippen LogP contribution is 2.40. The molecule has 12 heteroatoms. The molecule has 0 amide bonds. The Morgan fingerprint density at radius 3 is 1.23 bits per heavy atom. The summed E-state index contributed by atoms with van der Waals surface area (Å²) in [7, 11) is 2.43. The Kier molecular flexibility index (Phi) is 11.2. The summed E-state index contributed by atoms with van der Waals surface area (Å²) in [5.74, 6) is 5.52. The van der Waals surface area contributed by atoms with Crippen LogP contribution in [0.25, 0.3) is 68.6 Å². The Balaban J connectivity index is 1.29. The quantitative estimate of drug-likeness (QED) is 0.131. The molecule has 0 spiro atoms. The predicted octanol–water partition coefficient (Wildman–Crippen LogP) is 11.5. The van der Waals surface area contributed by atoms with Gasteiger partial charge in [-0.05, 0) is 152 Å². The van der Waals surface area contributed by atoms with Gasteiger partial charge in [0.05, 0.1) is 59.4 Å². The number of nitrogens with one attached hydrogen (secondary N) is 2. The number of ether oxygens (including phenoxy) is 2. The van der Waals surface area contributed by atoms with Gasteiger partial charge in [-0.1, -0.05) is 48.4 Å². The number of aromatic nitrogens is 4. The molecule has 0 saturated carbocycles. The highest BCUT2D eigenvalue weighted by Gasteiger charge is 2.51. The van der Waals surface area contributed by atoms with Crippen molar-refractivity contribution in [3.05, 3.63) is 131 Å². The van der Waals surface area contributed by atoms with E-state index in [0.29, 0.717) is 12.8 Å². The Bertz CT molecular complexity index is 2690. The van der Waals surface area contributed by atoms with Crippen LogP contribution in [0.4, 0.5) is 0 Å². The van der Waals surface area contributed by atoms with Gasteiger partial charge < -0.3 is 38.1 Å². The second-order valence-corrected chi connectivity index (χ2v) is 18.7. The zero-order valence-corrected chi connectivity index (χ0v) is 38.5. The first-order valence-corrected chi connectivity index (χ1v) is 22.0. The molecule has 3 aromatic heterocycles. The molecular formula is C52H56B2N4O6. The number of fused-ring (bicyclic) bond motifs is 8. The van der Waals surface area contributed by atoms with E-state index in [0.717, 1.165) is 89.7 Å². The third-order valence-corrected chi connectivity index (χ3v) is 13.5. The zero-order chi connectivity index (χ0) is 45.0. The maximum atomic E-state index is 6.33. The van der Waals surface area contributed by atoms with E-state index in [9.17, 15) is 0 Å². The van der Waals surface area contributed by atoms with Crippen LogP contribution in [0.1, 0.15) is 89.3 Å². The monoisotopic (exact) mass is 854 g/mol. The third-order valence-electron chi connectivity index (χ3n) is 13.5. The highest BCUT2D eigenvalue weighted by molar-refractivity contribution is 6.52. The first-order valence-electron chi connectivity index (χ1n) is 22.0. The second kappa shape index (κ2) is 16.6. The van der Waals surface area contributed by atoms with Gasteiger partial charge in [0, 0.05) is 44.3 Å². The molecule has 5 aromatic rings. The van der Waals surface area contributed by atoms with E-state index in [2.05, 4.69) is 150 Å². The van der Waals surface area contributed by atoms with Gasteiger partial charge >= 0.3 is 14.2 Å². The first kappa shape index (κ1) is 43.3. The molecule has 2 aromatic carbocycles. The number of hydrogen-bond acceptors (Lipinski definition) is 8. The van der Waals surface area contributed by atoms with Gasteiger partial charge in [-0.3, -0.25) is 0 Å². The molecule has 0 atom stereocenters. The second-order valence-electron chi connectivity index (χ2n) is 18.7. The lowest BCUT2D eigenvalue weighted by molar-refractivity contribution is 0.00578. The van der Waals surface area contributed by atoms with E-state index >= 15 is 0 Å². The molecule has 4 aliphatic heterocycles. The SMILES string of the molecule is COc1cccc(-c2c3nc(c(C/C=C/B4OC(C)(C)C(C)(C)O4)c4ccc([nH]4)c(-c4cccc(OC)c4)c4nc(c(C/C=C/B5OC(C)(C)C(C)(C)O5)c5ccc2[nH]5)C=C4)C=C3)c1. The van der Waals surface area contributed by atoms with Crippen molar-refractivity contribution in [3.8, 4) is 33.8 Å². The van der Waals surface area contributed by atoms with E-state index in [1.165, 1.54) is 0 Å².